The van der Waals surface area contributed by atoms with Gasteiger partial charge in [0.15, 0.2) is 0 Å². The lowest BCUT2D eigenvalue weighted by atomic mass is 10.0. The summed E-state index contributed by atoms with van der Waals surface area (Å²) in [5.41, 5.74) is 2.88. The maximum absolute atomic E-state index is 12.3. The van der Waals surface area contributed by atoms with Crippen LogP contribution in [0.3, 0.4) is 0 Å². The van der Waals surface area contributed by atoms with Gasteiger partial charge in [0, 0.05) is 10.0 Å². The Kier molecular flexibility index (Phi) is 4.54. The van der Waals surface area contributed by atoms with E-state index >= 15 is 0 Å². The van der Waals surface area contributed by atoms with Crippen molar-refractivity contribution in [2.75, 3.05) is 5.32 Å². The Labute approximate surface area is 126 Å². The first-order chi connectivity index (χ1) is 9.65. The van der Waals surface area contributed by atoms with Crippen molar-refractivity contribution in [2.45, 2.75) is 13.3 Å². The molecule has 100 valence electrons. The summed E-state index contributed by atoms with van der Waals surface area (Å²) >= 11 is 3.36. The fraction of sp³-hybridized carbons (Fsp3) is 0.125. The van der Waals surface area contributed by atoms with E-state index in [0.29, 0.717) is 21.3 Å². The van der Waals surface area contributed by atoms with E-state index in [9.17, 15) is 4.79 Å². The number of nitrogens with one attached hydrogen (secondary N) is 1. The van der Waals surface area contributed by atoms with Crippen LogP contribution in [0.25, 0.3) is 0 Å². The zero-order valence-corrected chi connectivity index (χ0v) is 12.6. The van der Waals surface area contributed by atoms with E-state index in [1.54, 1.807) is 18.2 Å². The Morgan fingerprint density at radius 3 is 2.70 bits per heavy atom. The van der Waals surface area contributed by atoms with Gasteiger partial charge < -0.3 is 5.32 Å². The van der Waals surface area contributed by atoms with E-state index < -0.39 is 0 Å². The molecule has 0 aliphatic rings. The van der Waals surface area contributed by atoms with Gasteiger partial charge in [-0.15, -0.1) is 0 Å². The molecule has 0 aliphatic heterocycles. The fourth-order valence-electron chi connectivity index (χ4n) is 1.93. The van der Waals surface area contributed by atoms with E-state index in [1.165, 1.54) is 0 Å². The minimum atomic E-state index is -0.146. The number of hydrogen-bond acceptors (Lipinski definition) is 2. The number of rotatable bonds is 3. The van der Waals surface area contributed by atoms with Gasteiger partial charge >= 0.3 is 0 Å². The normalized spacial score (nSPS) is 9.85. The van der Waals surface area contributed by atoms with Crippen molar-refractivity contribution in [3.63, 3.8) is 0 Å². The number of nitriles is 1. The highest BCUT2D eigenvalue weighted by Gasteiger charge is 2.11. The molecule has 4 heteroatoms. The number of amides is 1. The quantitative estimate of drug-likeness (QED) is 0.920. The largest absolute Gasteiger partial charge is 0.321 e. The van der Waals surface area contributed by atoms with E-state index in [4.69, 9.17) is 5.26 Å². The third kappa shape index (κ3) is 3.06. The van der Waals surface area contributed by atoms with Gasteiger partial charge in [-0.3, -0.25) is 4.79 Å². The molecule has 2 aromatic rings. The van der Waals surface area contributed by atoms with Gasteiger partial charge in [-0.1, -0.05) is 25.1 Å². The summed E-state index contributed by atoms with van der Waals surface area (Å²) < 4.78 is 0.693. The molecule has 0 fully saturated rings. The second-order valence-electron chi connectivity index (χ2n) is 4.27. The molecule has 0 radical (unpaired) electrons. The average molecular weight is 329 g/mol. The van der Waals surface area contributed by atoms with E-state index in [2.05, 4.69) is 27.3 Å². The summed E-state index contributed by atoms with van der Waals surface area (Å²) in [5.74, 6) is -0.146. The molecule has 0 bridgehead atoms. The molecule has 3 nitrogen and oxygen atoms in total. The monoisotopic (exact) mass is 328 g/mol. The topological polar surface area (TPSA) is 52.9 Å². The SMILES string of the molecule is CCc1ccccc1C(=O)Nc1ccc(C#N)cc1Br. The standard InChI is InChI=1S/C16H13BrN2O/c1-2-12-5-3-4-6-13(12)16(20)19-15-8-7-11(10-18)9-14(15)17/h3-9H,2H2,1H3,(H,19,20). The lowest BCUT2D eigenvalue weighted by molar-refractivity contribution is 0.102. The molecular formula is C16H13BrN2O. The highest BCUT2D eigenvalue weighted by molar-refractivity contribution is 9.10. The first-order valence-corrected chi connectivity index (χ1v) is 7.04. The molecule has 0 unspecified atom stereocenters. The summed E-state index contributed by atoms with van der Waals surface area (Å²) in [6.45, 7) is 2.02. The zero-order valence-electron chi connectivity index (χ0n) is 11.0. The number of nitrogens with zero attached hydrogens (tertiary/aromatic N) is 1. The Morgan fingerprint density at radius 1 is 1.30 bits per heavy atom. The Hall–Kier alpha value is -2.12. The summed E-state index contributed by atoms with van der Waals surface area (Å²) in [7, 11) is 0. The number of carbonyl (C=O) groups excluding carboxylic acids is 1. The van der Waals surface area contributed by atoms with Crippen molar-refractivity contribution in [3.8, 4) is 6.07 Å². The second-order valence-corrected chi connectivity index (χ2v) is 5.13. The predicted octanol–water partition coefficient (Wildman–Crippen LogP) is 4.14. The maximum atomic E-state index is 12.3. The van der Waals surface area contributed by atoms with Crippen molar-refractivity contribution >= 4 is 27.5 Å². The first-order valence-electron chi connectivity index (χ1n) is 6.24. The predicted molar refractivity (Wildman–Crippen MR) is 82.6 cm³/mol. The number of benzene rings is 2. The molecule has 0 aromatic heterocycles. The number of aryl methyl sites for hydroxylation is 1. The van der Waals surface area contributed by atoms with Crippen molar-refractivity contribution in [1.82, 2.24) is 0 Å². The van der Waals surface area contributed by atoms with Gasteiger partial charge in [-0.2, -0.15) is 5.26 Å². The van der Waals surface area contributed by atoms with Crippen LogP contribution in [0.1, 0.15) is 28.4 Å². The Bertz CT molecular complexity index is 689. The van der Waals surface area contributed by atoms with Crippen molar-refractivity contribution in [1.29, 1.82) is 5.26 Å². The van der Waals surface area contributed by atoms with Gasteiger partial charge in [-0.05, 0) is 52.2 Å². The van der Waals surface area contributed by atoms with Gasteiger partial charge in [-0.25, -0.2) is 0 Å². The third-order valence-corrected chi connectivity index (χ3v) is 3.65. The maximum Gasteiger partial charge on any atom is 0.255 e. The van der Waals surface area contributed by atoms with Crippen molar-refractivity contribution in [2.24, 2.45) is 0 Å². The van der Waals surface area contributed by atoms with E-state index in [1.807, 2.05) is 31.2 Å². The molecule has 20 heavy (non-hydrogen) atoms. The fourth-order valence-corrected chi connectivity index (χ4v) is 2.40. The Morgan fingerprint density at radius 2 is 2.05 bits per heavy atom. The summed E-state index contributed by atoms with van der Waals surface area (Å²) in [6.07, 6.45) is 0.804. The lowest BCUT2D eigenvalue weighted by Gasteiger charge is -2.10. The summed E-state index contributed by atoms with van der Waals surface area (Å²) in [5, 5.41) is 11.7. The smallest absolute Gasteiger partial charge is 0.255 e. The van der Waals surface area contributed by atoms with Crippen LogP contribution in [-0.2, 0) is 6.42 Å². The molecule has 2 aromatic carbocycles. The van der Waals surface area contributed by atoms with Crippen LogP contribution in [0.5, 0.6) is 0 Å². The molecule has 0 saturated heterocycles. The molecular weight excluding hydrogens is 316 g/mol. The molecule has 1 N–H and O–H groups in total. The van der Waals surface area contributed by atoms with E-state index in [-0.39, 0.29) is 5.91 Å². The van der Waals surface area contributed by atoms with Crippen LogP contribution in [0.4, 0.5) is 5.69 Å². The number of carbonyl (C=O) groups is 1. The van der Waals surface area contributed by atoms with Crippen molar-refractivity contribution in [3.05, 3.63) is 63.6 Å². The summed E-state index contributed by atoms with van der Waals surface area (Å²) in [6, 6.07) is 14.7. The highest BCUT2D eigenvalue weighted by Crippen LogP contribution is 2.24. The minimum absolute atomic E-state index is 0.146. The number of hydrogen-bond donors (Lipinski definition) is 1. The zero-order chi connectivity index (χ0) is 14.5. The third-order valence-electron chi connectivity index (χ3n) is 2.99. The minimum Gasteiger partial charge on any atom is -0.321 e. The lowest BCUT2D eigenvalue weighted by Crippen LogP contribution is -2.14. The molecule has 1 amide bonds. The van der Waals surface area contributed by atoms with Crippen LogP contribution < -0.4 is 5.32 Å². The van der Waals surface area contributed by atoms with Crippen LogP contribution in [0.15, 0.2) is 46.9 Å². The van der Waals surface area contributed by atoms with Gasteiger partial charge in [0.1, 0.15) is 0 Å². The molecule has 0 atom stereocenters. The molecule has 0 saturated carbocycles. The molecule has 2 rings (SSSR count). The van der Waals surface area contributed by atoms with Crippen LogP contribution in [0.2, 0.25) is 0 Å². The van der Waals surface area contributed by atoms with Gasteiger partial charge in [0.2, 0.25) is 0 Å². The highest BCUT2D eigenvalue weighted by atomic mass is 79.9. The second kappa shape index (κ2) is 6.36. The van der Waals surface area contributed by atoms with Crippen LogP contribution in [-0.4, -0.2) is 5.91 Å². The van der Waals surface area contributed by atoms with Crippen molar-refractivity contribution < 1.29 is 4.79 Å². The van der Waals surface area contributed by atoms with Gasteiger partial charge in [0.05, 0.1) is 17.3 Å². The molecule has 0 aliphatic carbocycles. The average Bonchev–Trinajstić information content (AvgIpc) is 2.49. The molecule has 0 heterocycles. The number of halogens is 1. The van der Waals surface area contributed by atoms with Crippen LogP contribution in [0, 0.1) is 11.3 Å². The Balaban J connectivity index is 2.26. The summed E-state index contributed by atoms with van der Waals surface area (Å²) in [4.78, 5) is 12.3. The number of anilines is 1. The molecule has 0 spiro atoms. The van der Waals surface area contributed by atoms with E-state index in [0.717, 1.165) is 12.0 Å². The first kappa shape index (κ1) is 14.3. The van der Waals surface area contributed by atoms with Crippen LogP contribution >= 0.6 is 15.9 Å². The van der Waals surface area contributed by atoms with Gasteiger partial charge in [0.25, 0.3) is 5.91 Å².